The van der Waals surface area contributed by atoms with Crippen LogP contribution in [0.3, 0.4) is 0 Å². The van der Waals surface area contributed by atoms with E-state index in [0.717, 1.165) is 13.1 Å². The maximum Gasteiger partial charge on any atom is 0.254 e. The number of aliphatic imine (C=N–C) groups is 1. The number of rotatable bonds is 7. The number of anilines is 1. The van der Waals surface area contributed by atoms with Crippen molar-refractivity contribution in [3.8, 4) is 17.6 Å². The van der Waals surface area contributed by atoms with Gasteiger partial charge in [-0.15, -0.1) is 0 Å². The Kier molecular flexibility index (Phi) is 7.90. The van der Waals surface area contributed by atoms with Gasteiger partial charge < -0.3 is 30.7 Å². The molecular weight excluding hydrogens is 432 g/mol. The molecule has 1 saturated heterocycles. The zero-order valence-corrected chi connectivity index (χ0v) is 19.3. The molecule has 0 spiro atoms. The highest BCUT2D eigenvalue weighted by atomic mass is 16.5. The lowest BCUT2D eigenvalue weighted by atomic mass is 10.1. The quantitative estimate of drug-likeness (QED) is 0.542. The first kappa shape index (κ1) is 24.4. The number of carbonyl (C=O) groups excluding carboxylic acids is 1. The third kappa shape index (κ3) is 5.74. The Bertz CT molecular complexity index is 1170. The summed E-state index contributed by atoms with van der Waals surface area (Å²) in [5.74, 6) is 0.635. The number of aromatic hydroxyl groups is 1. The van der Waals surface area contributed by atoms with Crippen LogP contribution in [0.5, 0.6) is 11.5 Å². The minimum absolute atomic E-state index is 0.0295. The fourth-order valence-electron chi connectivity index (χ4n) is 3.47. The number of nitriles is 1. The Labute approximate surface area is 199 Å². The number of nitrogens with zero attached hydrogens (tertiary/aromatic N) is 4. The van der Waals surface area contributed by atoms with Gasteiger partial charge in [0, 0.05) is 49.7 Å². The van der Waals surface area contributed by atoms with Gasteiger partial charge in [-0.25, -0.2) is 4.99 Å². The van der Waals surface area contributed by atoms with E-state index >= 15 is 0 Å². The first-order chi connectivity index (χ1) is 16.4. The highest BCUT2D eigenvalue weighted by molar-refractivity contribution is 6.10. The molecular formula is C25H28N6O3. The lowest BCUT2D eigenvalue weighted by Crippen LogP contribution is -2.47. The monoisotopic (exact) mass is 460 g/mol. The Morgan fingerprint density at radius 2 is 1.94 bits per heavy atom. The zero-order chi connectivity index (χ0) is 24.7. The molecule has 0 aromatic heterocycles. The van der Waals surface area contributed by atoms with Gasteiger partial charge in [0.25, 0.3) is 5.91 Å². The third-order valence-electron chi connectivity index (χ3n) is 5.51. The average Bonchev–Trinajstić information content (AvgIpc) is 2.84. The van der Waals surface area contributed by atoms with Crippen molar-refractivity contribution >= 4 is 23.4 Å². The molecule has 0 radical (unpaired) electrons. The molecule has 3 rings (SSSR count). The molecule has 0 atom stereocenters. The van der Waals surface area contributed by atoms with E-state index in [1.54, 1.807) is 24.3 Å². The summed E-state index contributed by atoms with van der Waals surface area (Å²) in [6.45, 7) is 6.98. The Hall–Kier alpha value is -4.29. The molecule has 4 N–H and O–H groups in total. The van der Waals surface area contributed by atoms with Crippen molar-refractivity contribution in [3.63, 3.8) is 0 Å². The van der Waals surface area contributed by atoms with E-state index in [2.05, 4.69) is 21.8 Å². The van der Waals surface area contributed by atoms with Crippen LogP contribution in [0, 0.1) is 11.3 Å². The van der Waals surface area contributed by atoms with Gasteiger partial charge >= 0.3 is 0 Å². The summed E-state index contributed by atoms with van der Waals surface area (Å²) in [6.07, 6.45) is 2.84. The van der Waals surface area contributed by atoms with E-state index in [4.69, 9.17) is 15.7 Å². The van der Waals surface area contributed by atoms with Crippen molar-refractivity contribution in [1.82, 2.24) is 9.80 Å². The first-order valence-electron chi connectivity index (χ1n) is 10.7. The Balaban J connectivity index is 1.70. The van der Waals surface area contributed by atoms with Crippen LogP contribution < -0.4 is 15.8 Å². The molecule has 1 aliphatic rings. The van der Waals surface area contributed by atoms with Crippen molar-refractivity contribution < 1.29 is 14.6 Å². The average molecular weight is 461 g/mol. The molecule has 0 aliphatic carbocycles. The highest BCUT2D eigenvalue weighted by Crippen LogP contribution is 2.28. The van der Waals surface area contributed by atoms with Gasteiger partial charge in [-0.05, 0) is 42.9 Å². The van der Waals surface area contributed by atoms with Crippen LogP contribution in [0.25, 0.3) is 5.57 Å². The number of allylic oxidation sites excluding steroid dienone is 1. The Morgan fingerprint density at radius 1 is 1.24 bits per heavy atom. The summed E-state index contributed by atoms with van der Waals surface area (Å²) in [7, 11) is 3.57. The maximum absolute atomic E-state index is 12.9. The second kappa shape index (κ2) is 11.0. The minimum atomic E-state index is -0.138. The number of hydrogen-bond donors (Lipinski definition) is 3. The number of nitrogens with one attached hydrogen (secondary N) is 1. The van der Waals surface area contributed by atoms with Gasteiger partial charge in [-0.2, -0.15) is 5.26 Å². The predicted octanol–water partition coefficient (Wildman–Crippen LogP) is 2.61. The standard InChI is InChI=1S/C25H28N6O3/c1-17(28-16-21(15-27)18-4-5-20(14-26)23(32)12-18)29-22-7-6-19(13-24(22)34-3)25(33)31-10-8-30(2)9-11-31/h4-7,12-13,15-16,29,32H,1,8-11,27H2,2-3H3/b21-15+,28-16?. The number of ether oxygens (including phenoxy) is 1. The van der Waals surface area contributed by atoms with E-state index in [0.29, 0.717) is 47.0 Å². The van der Waals surface area contributed by atoms with Crippen LogP contribution in [-0.2, 0) is 0 Å². The molecule has 1 aliphatic heterocycles. The lowest BCUT2D eigenvalue weighted by molar-refractivity contribution is 0.0664. The fraction of sp³-hybridized carbons (Fsp3) is 0.240. The van der Waals surface area contributed by atoms with Crippen LogP contribution in [-0.4, -0.2) is 67.4 Å². The summed E-state index contributed by atoms with van der Waals surface area (Å²) < 4.78 is 5.47. The summed E-state index contributed by atoms with van der Waals surface area (Å²) in [6, 6.07) is 11.7. The summed E-state index contributed by atoms with van der Waals surface area (Å²) >= 11 is 0. The summed E-state index contributed by atoms with van der Waals surface area (Å²) in [5, 5.41) is 21.9. The summed E-state index contributed by atoms with van der Waals surface area (Å²) in [4.78, 5) is 21.2. The number of methoxy groups -OCH3 is 1. The molecule has 1 fully saturated rings. The number of phenols is 1. The molecule has 0 bridgehead atoms. The van der Waals surface area contributed by atoms with E-state index in [9.17, 15) is 9.90 Å². The number of hydrogen-bond acceptors (Lipinski definition) is 8. The molecule has 176 valence electrons. The highest BCUT2D eigenvalue weighted by Gasteiger charge is 2.21. The number of phenolic OH excluding ortho intramolecular Hbond substituents is 1. The van der Waals surface area contributed by atoms with Crippen LogP contribution in [0.1, 0.15) is 21.5 Å². The van der Waals surface area contributed by atoms with Crippen molar-refractivity contribution in [1.29, 1.82) is 5.26 Å². The molecule has 0 saturated carbocycles. The van der Waals surface area contributed by atoms with Gasteiger partial charge in [-0.1, -0.05) is 12.6 Å². The number of nitrogens with two attached hydrogens (primary N) is 1. The molecule has 2 aromatic carbocycles. The van der Waals surface area contributed by atoms with Crippen molar-refractivity contribution in [2.75, 3.05) is 45.7 Å². The van der Waals surface area contributed by atoms with Crippen molar-refractivity contribution in [2.45, 2.75) is 0 Å². The van der Waals surface area contributed by atoms with E-state index in [1.807, 2.05) is 18.0 Å². The number of likely N-dealkylation sites (N-methyl/N-ethyl adjacent to an activating group) is 1. The van der Waals surface area contributed by atoms with Gasteiger partial charge in [0.2, 0.25) is 0 Å². The van der Waals surface area contributed by atoms with E-state index < -0.39 is 0 Å². The van der Waals surface area contributed by atoms with Gasteiger partial charge in [0.15, 0.2) is 0 Å². The minimum Gasteiger partial charge on any atom is -0.507 e. The Morgan fingerprint density at radius 3 is 2.56 bits per heavy atom. The third-order valence-corrected chi connectivity index (χ3v) is 5.51. The molecule has 9 nitrogen and oxygen atoms in total. The molecule has 1 amide bonds. The lowest BCUT2D eigenvalue weighted by Gasteiger charge is -2.32. The fourth-order valence-corrected chi connectivity index (χ4v) is 3.47. The number of carbonyl (C=O) groups is 1. The number of amides is 1. The van der Waals surface area contributed by atoms with Crippen LogP contribution in [0.2, 0.25) is 0 Å². The van der Waals surface area contributed by atoms with Gasteiger partial charge in [0.1, 0.15) is 23.4 Å². The van der Waals surface area contributed by atoms with Crippen LogP contribution in [0.4, 0.5) is 5.69 Å². The van der Waals surface area contributed by atoms with Gasteiger partial charge in [-0.3, -0.25) is 4.79 Å². The maximum atomic E-state index is 12.9. The van der Waals surface area contributed by atoms with Crippen LogP contribution in [0.15, 0.2) is 60.0 Å². The molecule has 1 heterocycles. The second-order valence-corrected chi connectivity index (χ2v) is 7.81. The second-order valence-electron chi connectivity index (χ2n) is 7.81. The zero-order valence-electron chi connectivity index (χ0n) is 19.3. The smallest absolute Gasteiger partial charge is 0.254 e. The SMILES string of the molecule is C=C(N=C/C(=C\N)c1ccc(C#N)c(O)c1)Nc1ccc(C(=O)N2CCN(C)CC2)cc1OC. The van der Waals surface area contributed by atoms with Gasteiger partial charge in [0.05, 0.1) is 18.4 Å². The normalized spacial score (nSPS) is 14.6. The van der Waals surface area contributed by atoms with E-state index in [-0.39, 0.29) is 17.2 Å². The number of benzene rings is 2. The first-order valence-corrected chi connectivity index (χ1v) is 10.7. The molecule has 2 aromatic rings. The topological polar surface area (TPSA) is 127 Å². The number of piperazine rings is 1. The molecule has 34 heavy (non-hydrogen) atoms. The van der Waals surface area contributed by atoms with Crippen molar-refractivity contribution in [3.05, 3.63) is 71.7 Å². The molecule has 0 unspecified atom stereocenters. The largest absolute Gasteiger partial charge is 0.507 e. The molecule has 9 heteroatoms. The van der Waals surface area contributed by atoms with E-state index in [1.165, 1.54) is 31.7 Å². The van der Waals surface area contributed by atoms with Crippen molar-refractivity contribution in [2.24, 2.45) is 10.7 Å². The van der Waals surface area contributed by atoms with Crippen LogP contribution >= 0.6 is 0 Å². The predicted molar refractivity (Wildman–Crippen MR) is 133 cm³/mol. The summed E-state index contributed by atoms with van der Waals surface area (Å²) in [5.41, 5.74) is 8.17.